The zero-order chi connectivity index (χ0) is 18.4. The number of nitrogens with zero attached hydrogens (tertiary/aromatic N) is 2. The number of hydrogen-bond donors (Lipinski definition) is 2. The highest BCUT2D eigenvalue weighted by Gasteiger charge is 2.19. The van der Waals surface area contributed by atoms with Gasteiger partial charge in [0.25, 0.3) is 5.91 Å². The Morgan fingerprint density at radius 1 is 1.12 bits per heavy atom. The van der Waals surface area contributed by atoms with Crippen LogP contribution >= 0.6 is 0 Å². The number of likely N-dealkylation sites (N-methyl/N-ethyl adjacent to an activating group) is 1. The van der Waals surface area contributed by atoms with Gasteiger partial charge in [0, 0.05) is 31.9 Å². The van der Waals surface area contributed by atoms with Crippen LogP contribution in [0.15, 0.2) is 48.5 Å². The first kappa shape index (κ1) is 18.1. The fraction of sp³-hybridized carbons (Fsp3) is 0.350. The molecule has 138 valence electrons. The van der Waals surface area contributed by atoms with E-state index in [4.69, 9.17) is 10.5 Å². The number of rotatable bonds is 6. The number of piperazine rings is 1. The normalized spacial score (nSPS) is 14.9. The Balaban J connectivity index is 1.65. The van der Waals surface area contributed by atoms with Gasteiger partial charge in [-0.1, -0.05) is 25.1 Å². The summed E-state index contributed by atoms with van der Waals surface area (Å²) in [5.41, 5.74) is 8.29. The summed E-state index contributed by atoms with van der Waals surface area (Å²) in [6, 6.07) is 15.0. The van der Waals surface area contributed by atoms with Crippen LogP contribution in [0.25, 0.3) is 0 Å². The lowest BCUT2D eigenvalue weighted by Gasteiger charge is -2.36. The molecule has 0 unspecified atom stereocenters. The van der Waals surface area contributed by atoms with Crippen LogP contribution in [-0.2, 0) is 4.79 Å². The van der Waals surface area contributed by atoms with Crippen molar-refractivity contribution in [3.8, 4) is 5.75 Å². The standard InChI is InChI=1S/C20H26N4O2/c1-2-23-10-12-24(13-11-23)19-9-8-16(21)14-18(19)22-20(25)15-26-17-6-4-3-5-7-17/h3-9,14H,2,10-13,15,21H2,1H3,(H,22,25). The summed E-state index contributed by atoms with van der Waals surface area (Å²) >= 11 is 0. The van der Waals surface area contributed by atoms with Gasteiger partial charge in [0.2, 0.25) is 0 Å². The van der Waals surface area contributed by atoms with Crippen molar-refractivity contribution in [2.75, 3.05) is 55.3 Å². The van der Waals surface area contributed by atoms with Crippen molar-refractivity contribution in [1.29, 1.82) is 0 Å². The van der Waals surface area contributed by atoms with E-state index in [0.29, 0.717) is 11.4 Å². The predicted molar refractivity (Wildman–Crippen MR) is 106 cm³/mol. The van der Waals surface area contributed by atoms with Gasteiger partial charge < -0.3 is 25.6 Å². The lowest BCUT2D eigenvalue weighted by atomic mass is 10.2. The molecule has 0 aromatic heterocycles. The van der Waals surface area contributed by atoms with Crippen LogP contribution in [0.3, 0.4) is 0 Å². The highest BCUT2D eigenvalue weighted by Crippen LogP contribution is 2.29. The van der Waals surface area contributed by atoms with Gasteiger partial charge in [0.1, 0.15) is 5.75 Å². The van der Waals surface area contributed by atoms with E-state index >= 15 is 0 Å². The van der Waals surface area contributed by atoms with Crippen molar-refractivity contribution in [3.63, 3.8) is 0 Å². The summed E-state index contributed by atoms with van der Waals surface area (Å²) in [5, 5.41) is 2.94. The van der Waals surface area contributed by atoms with Crippen LogP contribution in [0.1, 0.15) is 6.92 Å². The lowest BCUT2D eigenvalue weighted by molar-refractivity contribution is -0.118. The number of anilines is 3. The van der Waals surface area contributed by atoms with Crippen LogP contribution < -0.4 is 20.7 Å². The van der Waals surface area contributed by atoms with E-state index in [2.05, 4.69) is 22.0 Å². The average molecular weight is 354 g/mol. The molecule has 6 heteroatoms. The second kappa shape index (κ2) is 8.58. The van der Waals surface area contributed by atoms with Gasteiger partial charge in [-0.15, -0.1) is 0 Å². The summed E-state index contributed by atoms with van der Waals surface area (Å²) < 4.78 is 5.52. The number of ether oxygens (including phenoxy) is 1. The topological polar surface area (TPSA) is 70.8 Å². The third kappa shape index (κ3) is 4.67. The van der Waals surface area contributed by atoms with Crippen LogP contribution in [0, 0.1) is 0 Å². The van der Waals surface area contributed by atoms with Gasteiger partial charge in [0.15, 0.2) is 6.61 Å². The zero-order valence-corrected chi connectivity index (χ0v) is 15.1. The highest BCUT2D eigenvalue weighted by atomic mass is 16.5. The van der Waals surface area contributed by atoms with Crippen molar-refractivity contribution in [1.82, 2.24) is 4.90 Å². The fourth-order valence-electron chi connectivity index (χ4n) is 3.09. The molecule has 0 atom stereocenters. The number of nitrogens with one attached hydrogen (secondary N) is 1. The van der Waals surface area contributed by atoms with Gasteiger partial charge in [-0.3, -0.25) is 4.79 Å². The summed E-state index contributed by atoms with van der Waals surface area (Å²) in [6.45, 7) is 7.11. The number of nitrogens with two attached hydrogens (primary N) is 1. The SMILES string of the molecule is CCN1CCN(c2ccc(N)cc2NC(=O)COc2ccccc2)CC1. The Morgan fingerprint density at radius 2 is 1.85 bits per heavy atom. The number of carbonyl (C=O) groups is 1. The average Bonchev–Trinajstić information content (AvgIpc) is 2.67. The maximum absolute atomic E-state index is 12.3. The lowest BCUT2D eigenvalue weighted by Crippen LogP contribution is -2.46. The molecule has 2 aromatic carbocycles. The predicted octanol–water partition coefficient (Wildman–Crippen LogP) is 2.43. The Hall–Kier alpha value is -2.73. The minimum atomic E-state index is -0.201. The fourth-order valence-corrected chi connectivity index (χ4v) is 3.09. The van der Waals surface area contributed by atoms with E-state index in [1.54, 1.807) is 0 Å². The van der Waals surface area contributed by atoms with E-state index in [0.717, 1.165) is 44.1 Å². The first-order valence-electron chi connectivity index (χ1n) is 9.00. The molecule has 6 nitrogen and oxygen atoms in total. The molecule has 1 aliphatic heterocycles. The van der Waals surface area contributed by atoms with Crippen molar-refractivity contribution in [2.45, 2.75) is 6.92 Å². The second-order valence-corrected chi connectivity index (χ2v) is 6.35. The highest BCUT2D eigenvalue weighted by molar-refractivity contribution is 5.96. The van der Waals surface area contributed by atoms with Gasteiger partial charge >= 0.3 is 0 Å². The van der Waals surface area contributed by atoms with E-state index in [-0.39, 0.29) is 12.5 Å². The molecule has 0 bridgehead atoms. The molecule has 0 aliphatic carbocycles. The molecule has 26 heavy (non-hydrogen) atoms. The number of nitrogen functional groups attached to an aromatic ring is 1. The maximum Gasteiger partial charge on any atom is 0.262 e. The minimum absolute atomic E-state index is 0.0398. The molecule has 1 aliphatic rings. The van der Waals surface area contributed by atoms with Gasteiger partial charge in [-0.25, -0.2) is 0 Å². The number of carbonyl (C=O) groups excluding carboxylic acids is 1. The molecule has 0 spiro atoms. The summed E-state index contributed by atoms with van der Waals surface area (Å²) in [5.74, 6) is 0.471. The van der Waals surface area contributed by atoms with Crippen molar-refractivity contribution in [3.05, 3.63) is 48.5 Å². The summed E-state index contributed by atoms with van der Waals surface area (Å²) in [4.78, 5) is 17.0. The van der Waals surface area contributed by atoms with Gasteiger partial charge in [-0.05, 0) is 36.9 Å². The number of benzene rings is 2. The first-order valence-corrected chi connectivity index (χ1v) is 9.00. The molecule has 1 fully saturated rings. The van der Waals surface area contributed by atoms with Gasteiger partial charge in [-0.2, -0.15) is 0 Å². The van der Waals surface area contributed by atoms with Crippen LogP contribution in [0.5, 0.6) is 5.75 Å². The Bertz CT molecular complexity index is 728. The molecule has 0 radical (unpaired) electrons. The minimum Gasteiger partial charge on any atom is -0.484 e. The number of para-hydroxylation sites is 1. The molecular weight excluding hydrogens is 328 g/mol. The number of hydrogen-bond acceptors (Lipinski definition) is 5. The largest absolute Gasteiger partial charge is 0.484 e. The third-order valence-corrected chi connectivity index (χ3v) is 4.57. The van der Waals surface area contributed by atoms with Crippen molar-refractivity contribution < 1.29 is 9.53 Å². The Kier molecular flexibility index (Phi) is 5.96. The first-order chi connectivity index (χ1) is 12.7. The van der Waals surface area contributed by atoms with E-state index < -0.39 is 0 Å². The summed E-state index contributed by atoms with van der Waals surface area (Å²) in [7, 11) is 0. The Labute approximate surface area is 154 Å². The molecule has 1 saturated heterocycles. The van der Waals surface area contributed by atoms with E-state index in [1.165, 1.54) is 0 Å². The van der Waals surface area contributed by atoms with Crippen molar-refractivity contribution in [2.24, 2.45) is 0 Å². The van der Waals surface area contributed by atoms with Crippen molar-refractivity contribution >= 4 is 23.0 Å². The van der Waals surface area contributed by atoms with Gasteiger partial charge in [0.05, 0.1) is 11.4 Å². The van der Waals surface area contributed by atoms with Crippen LogP contribution in [-0.4, -0.2) is 50.1 Å². The monoisotopic (exact) mass is 354 g/mol. The zero-order valence-electron chi connectivity index (χ0n) is 15.1. The van der Waals surface area contributed by atoms with E-state index in [9.17, 15) is 4.79 Å². The molecule has 1 amide bonds. The molecule has 3 rings (SSSR count). The molecule has 0 saturated carbocycles. The molecular formula is C20H26N4O2. The van der Waals surface area contributed by atoms with Crippen LogP contribution in [0.2, 0.25) is 0 Å². The van der Waals surface area contributed by atoms with Crippen LogP contribution in [0.4, 0.5) is 17.1 Å². The third-order valence-electron chi connectivity index (χ3n) is 4.57. The summed E-state index contributed by atoms with van der Waals surface area (Å²) in [6.07, 6.45) is 0. The maximum atomic E-state index is 12.3. The second-order valence-electron chi connectivity index (χ2n) is 6.35. The smallest absolute Gasteiger partial charge is 0.262 e. The van der Waals surface area contributed by atoms with E-state index in [1.807, 2.05) is 48.5 Å². The molecule has 3 N–H and O–H groups in total. The quantitative estimate of drug-likeness (QED) is 0.780. The molecule has 1 heterocycles. The Morgan fingerprint density at radius 3 is 2.54 bits per heavy atom. The molecule has 2 aromatic rings. The number of amides is 1.